The Bertz CT molecular complexity index is 513. The highest BCUT2D eigenvalue weighted by Gasteiger charge is 2.10. The number of hydrogen-bond donors (Lipinski definition) is 2. The smallest absolute Gasteiger partial charge is 0.0720 e. The van der Waals surface area contributed by atoms with Gasteiger partial charge >= 0.3 is 0 Å². The Morgan fingerprint density at radius 1 is 1.29 bits per heavy atom. The number of nitrogens with zero attached hydrogens (tertiary/aromatic N) is 1. The lowest BCUT2D eigenvalue weighted by atomic mass is 9.99. The lowest BCUT2D eigenvalue weighted by molar-refractivity contribution is 0.621. The normalized spacial score (nSPS) is 12.9. The highest BCUT2D eigenvalue weighted by molar-refractivity contribution is 6.31. The minimum atomic E-state index is 0.00484. The number of pyridine rings is 1. The van der Waals surface area contributed by atoms with Crippen molar-refractivity contribution in [1.29, 1.82) is 0 Å². The van der Waals surface area contributed by atoms with Crippen molar-refractivity contribution < 1.29 is 0 Å². The van der Waals surface area contributed by atoms with Gasteiger partial charge in [0.25, 0.3) is 0 Å². The molecule has 1 unspecified atom stereocenters. The Hall–Kier alpha value is -1.16. The molecule has 1 heterocycles. The summed E-state index contributed by atoms with van der Waals surface area (Å²) in [5.41, 5.74) is 13.7. The lowest BCUT2D eigenvalue weighted by Crippen LogP contribution is -2.13. The van der Waals surface area contributed by atoms with Crippen LogP contribution in [0, 0.1) is 0 Å². The summed E-state index contributed by atoms with van der Waals surface area (Å²) >= 11 is 5.95. The second-order valence-corrected chi connectivity index (χ2v) is 4.54. The van der Waals surface area contributed by atoms with E-state index in [9.17, 15) is 0 Å². The molecule has 2 rings (SSSR count). The molecule has 0 spiro atoms. The van der Waals surface area contributed by atoms with Crippen LogP contribution in [0.15, 0.2) is 30.5 Å². The zero-order valence-corrected chi connectivity index (χ0v) is 10.3. The van der Waals surface area contributed by atoms with E-state index in [1.165, 1.54) is 0 Å². The molecule has 0 radical (unpaired) electrons. The van der Waals surface area contributed by atoms with Crippen LogP contribution in [0.2, 0.25) is 5.02 Å². The van der Waals surface area contributed by atoms with Crippen LogP contribution in [0.3, 0.4) is 0 Å². The van der Waals surface area contributed by atoms with Crippen LogP contribution in [-0.4, -0.2) is 11.5 Å². The van der Waals surface area contributed by atoms with Gasteiger partial charge in [-0.2, -0.15) is 0 Å². The highest BCUT2D eigenvalue weighted by atomic mass is 35.5. The van der Waals surface area contributed by atoms with E-state index in [4.69, 9.17) is 23.1 Å². The highest BCUT2D eigenvalue weighted by Crippen LogP contribution is 2.26. The van der Waals surface area contributed by atoms with Crippen LogP contribution < -0.4 is 11.5 Å². The van der Waals surface area contributed by atoms with Gasteiger partial charge in [0.15, 0.2) is 0 Å². The molecule has 0 amide bonds. The molecule has 2 aromatic rings. The molecule has 0 saturated carbocycles. The third-order valence-electron chi connectivity index (χ3n) is 2.86. The fourth-order valence-electron chi connectivity index (χ4n) is 1.96. The van der Waals surface area contributed by atoms with Crippen molar-refractivity contribution in [2.75, 3.05) is 6.54 Å². The van der Waals surface area contributed by atoms with Crippen molar-refractivity contribution in [2.45, 2.75) is 18.9 Å². The van der Waals surface area contributed by atoms with E-state index in [1.54, 1.807) is 6.20 Å². The molecule has 0 bridgehead atoms. The monoisotopic (exact) mass is 249 g/mol. The van der Waals surface area contributed by atoms with Gasteiger partial charge in [-0.25, -0.2) is 0 Å². The third-order valence-corrected chi connectivity index (χ3v) is 3.09. The first-order valence-corrected chi connectivity index (χ1v) is 6.10. The molecule has 3 nitrogen and oxygen atoms in total. The van der Waals surface area contributed by atoms with E-state index in [0.717, 1.165) is 29.3 Å². The number of halogens is 1. The summed E-state index contributed by atoms with van der Waals surface area (Å²) in [5.74, 6) is 0. The summed E-state index contributed by atoms with van der Waals surface area (Å²) in [6.45, 7) is 0.669. The van der Waals surface area contributed by atoms with Crippen molar-refractivity contribution in [3.05, 3.63) is 41.0 Å². The van der Waals surface area contributed by atoms with Gasteiger partial charge < -0.3 is 11.5 Å². The van der Waals surface area contributed by atoms with Crippen molar-refractivity contribution in [1.82, 2.24) is 4.98 Å². The summed E-state index contributed by atoms with van der Waals surface area (Å²) < 4.78 is 0. The molecule has 4 N–H and O–H groups in total. The van der Waals surface area contributed by atoms with Crippen LogP contribution in [-0.2, 0) is 0 Å². The molecule has 0 fully saturated rings. The summed E-state index contributed by atoms with van der Waals surface area (Å²) in [6.07, 6.45) is 3.59. The summed E-state index contributed by atoms with van der Waals surface area (Å²) in [5, 5.41) is 1.76. The van der Waals surface area contributed by atoms with Gasteiger partial charge in [-0.05, 0) is 43.1 Å². The second-order valence-electron chi connectivity index (χ2n) is 4.10. The van der Waals surface area contributed by atoms with Gasteiger partial charge in [0, 0.05) is 22.6 Å². The van der Waals surface area contributed by atoms with E-state index in [-0.39, 0.29) is 6.04 Å². The first kappa shape index (κ1) is 12.3. The largest absolute Gasteiger partial charge is 0.330 e. The first-order chi connectivity index (χ1) is 8.22. The number of aromatic nitrogens is 1. The lowest BCUT2D eigenvalue weighted by Gasteiger charge is -2.13. The van der Waals surface area contributed by atoms with Crippen LogP contribution in [0.5, 0.6) is 0 Å². The van der Waals surface area contributed by atoms with E-state index < -0.39 is 0 Å². The van der Waals surface area contributed by atoms with Gasteiger partial charge in [0.1, 0.15) is 0 Å². The Kier molecular flexibility index (Phi) is 3.94. The maximum absolute atomic E-state index is 6.17. The number of nitrogens with two attached hydrogens (primary N) is 2. The molecule has 1 aromatic carbocycles. The van der Waals surface area contributed by atoms with Gasteiger partial charge in [-0.15, -0.1) is 0 Å². The molecular weight excluding hydrogens is 234 g/mol. The van der Waals surface area contributed by atoms with E-state index >= 15 is 0 Å². The maximum atomic E-state index is 6.17. The van der Waals surface area contributed by atoms with Crippen molar-refractivity contribution >= 4 is 22.5 Å². The fraction of sp³-hybridized carbons (Fsp3) is 0.308. The van der Waals surface area contributed by atoms with Gasteiger partial charge in [-0.1, -0.05) is 17.7 Å². The standard InChI is InChI=1S/C13H16ClN3/c14-9-3-4-11-10(12(16)2-1-6-15)5-7-17-13(11)8-9/h3-5,7-8,12H,1-2,6,15-16H2. The van der Waals surface area contributed by atoms with Crippen molar-refractivity contribution in [3.63, 3.8) is 0 Å². The summed E-state index contributed by atoms with van der Waals surface area (Å²) in [6, 6.07) is 7.67. The zero-order valence-electron chi connectivity index (χ0n) is 9.57. The van der Waals surface area contributed by atoms with Crippen LogP contribution >= 0.6 is 11.6 Å². The van der Waals surface area contributed by atoms with Gasteiger partial charge in [-0.3, -0.25) is 4.98 Å². The van der Waals surface area contributed by atoms with Gasteiger partial charge in [0.2, 0.25) is 0 Å². The Balaban J connectivity index is 2.40. The second kappa shape index (κ2) is 5.45. The minimum absolute atomic E-state index is 0.00484. The average molecular weight is 250 g/mol. The Morgan fingerprint density at radius 3 is 2.88 bits per heavy atom. The summed E-state index contributed by atoms with van der Waals surface area (Å²) in [7, 11) is 0. The molecule has 4 heteroatoms. The first-order valence-electron chi connectivity index (χ1n) is 5.72. The number of benzene rings is 1. The molecular formula is C13H16ClN3. The van der Waals surface area contributed by atoms with Crippen molar-refractivity contribution in [3.8, 4) is 0 Å². The SMILES string of the molecule is NCCCC(N)c1ccnc2cc(Cl)ccc12. The Morgan fingerprint density at radius 2 is 2.12 bits per heavy atom. The Labute approximate surface area is 106 Å². The fourth-order valence-corrected chi connectivity index (χ4v) is 2.13. The number of rotatable bonds is 4. The quantitative estimate of drug-likeness (QED) is 0.876. The van der Waals surface area contributed by atoms with Crippen molar-refractivity contribution in [2.24, 2.45) is 11.5 Å². The zero-order chi connectivity index (χ0) is 12.3. The molecule has 1 atom stereocenters. The van der Waals surface area contributed by atoms with Crippen LogP contribution in [0.1, 0.15) is 24.4 Å². The predicted molar refractivity (Wildman–Crippen MR) is 72.0 cm³/mol. The molecule has 0 saturated heterocycles. The number of fused-ring (bicyclic) bond motifs is 1. The summed E-state index contributed by atoms with van der Waals surface area (Å²) in [4.78, 5) is 4.30. The third kappa shape index (κ3) is 2.75. The molecule has 17 heavy (non-hydrogen) atoms. The molecule has 0 aliphatic rings. The van der Waals surface area contributed by atoms with Gasteiger partial charge in [0.05, 0.1) is 5.52 Å². The molecule has 0 aliphatic heterocycles. The van der Waals surface area contributed by atoms with E-state index in [0.29, 0.717) is 11.6 Å². The maximum Gasteiger partial charge on any atom is 0.0720 e. The van der Waals surface area contributed by atoms with E-state index in [1.807, 2.05) is 24.3 Å². The minimum Gasteiger partial charge on any atom is -0.330 e. The number of hydrogen-bond acceptors (Lipinski definition) is 3. The van der Waals surface area contributed by atoms with Crippen LogP contribution in [0.4, 0.5) is 0 Å². The molecule has 1 aromatic heterocycles. The average Bonchev–Trinajstić information content (AvgIpc) is 2.34. The predicted octanol–water partition coefficient (Wildman–Crippen LogP) is 2.63. The topological polar surface area (TPSA) is 64.9 Å². The van der Waals surface area contributed by atoms with E-state index in [2.05, 4.69) is 4.98 Å². The molecule has 0 aliphatic carbocycles. The van der Waals surface area contributed by atoms with Crippen LogP contribution in [0.25, 0.3) is 10.9 Å². The molecule has 90 valence electrons.